The molecule has 0 aliphatic heterocycles. The van der Waals surface area contributed by atoms with Crippen LogP contribution < -0.4 is 5.32 Å². The fraction of sp³-hybridized carbons (Fsp3) is 0.400. The molecule has 0 atom stereocenters. The van der Waals surface area contributed by atoms with E-state index in [9.17, 15) is 4.79 Å². The maximum Gasteiger partial charge on any atom is 0.223 e. The van der Waals surface area contributed by atoms with Gasteiger partial charge in [-0.1, -0.05) is 30.0 Å². The molecule has 0 spiro atoms. The molecule has 3 heteroatoms. The Kier molecular flexibility index (Phi) is 4.38. The lowest BCUT2D eigenvalue weighted by Gasteiger charge is -2.06. The first-order valence-electron chi connectivity index (χ1n) is 6.26. The van der Waals surface area contributed by atoms with E-state index in [1.807, 2.05) is 24.3 Å². The van der Waals surface area contributed by atoms with Gasteiger partial charge in [-0.05, 0) is 24.5 Å². The first kappa shape index (κ1) is 12.7. The molecule has 2 rings (SSSR count). The highest BCUT2D eigenvalue weighted by molar-refractivity contribution is 5.80. The van der Waals surface area contributed by atoms with E-state index in [2.05, 4.69) is 17.2 Å². The van der Waals surface area contributed by atoms with Crippen LogP contribution in [0.25, 0.3) is 0 Å². The van der Waals surface area contributed by atoms with Crippen molar-refractivity contribution in [2.45, 2.75) is 25.8 Å². The number of aliphatic hydroxyl groups excluding tert-OH is 1. The summed E-state index contributed by atoms with van der Waals surface area (Å²) in [5, 5.41) is 11.6. The quantitative estimate of drug-likeness (QED) is 0.786. The fourth-order valence-electron chi connectivity index (χ4n) is 1.68. The number of hydrogen-bond acceptors (Lipinski definition) is 2. The number of amides is 1. The van der Waals surface area contributed by atoms with Gasteiger partial charge in [0.15, 0.2) is 0 Å². The molecule has 0 heterocycles. The van der Waals surface area contributed by atoms with Crippen molar-refractivity contribution in [3.8, 4) is 11.8 Å². The molecule has 94 valence electrons. The van der Waals surface area contributed by atoms with Crippen LogP contribution in [0.1, 0.15) is 30.4 Å². The SMILES string of the molecule is O=C(NCc1ccccc1C#CCCO)C1CC1. The third-order valence-corrected chi connectivity index (χ3v) is 2.88. The van der Waals surface area contributed by atoms with Crippen molar-refractivity contribution < 1.29 is 9.90 Å². The van der Waals surface area contributed by atoms with Gasteiger partial charge in [0.25, 0.3) is 0 Å². The molecule has 18 heavy (non-hydrogen) atoms. The second kappa shape index (κ2) is 6.23. The molecule has 0 radical (unpaired) electrons. The Morgan fingerprint density at radius 3 is 2.89 bits per heavy atom. The molecule has 3 nitrogen and oxygen atoms in total. The summed E-state index contributed by atoms with van der Waals surface area (Å²) in [4.78, 5) is 11.6. The second-order valence-corrected chi connectivity index (χ2v) is 4.42. The Morgan fingerprint density at radius 1 is 1.39 bits per heavy atom. The summed E-state index contributed by atoms with van der Waals surface area (Å²) in [7, 11) is 0. The summed E-state index contributed by atoms with van der Waals surface area (Å²) in [6.45, 7) is 0.604. The van der Waals surface area contributed by atoms with Gasteiger partial charge in [-0.15, -0.1) is 0 Å². The molecule has 0 aromatic heterocycles. The Hall–Kier alpha value is -1.79. The number of aliphatic hydroxyl groups is 1. The number of rotatable bonds is 4. The highest BCUT2D eigenvalue weighted by Crippen LogP contribution is 2.28. The zero-order valence-corrected chi connectivity index (χ0v) is 10.3. The Bertz CT molecular complexity index is 481. The summed E-state index contributed by atoms with van der Waals surface area (Å²) in [6.07, 6.45) is 2.51. The molecule has 1 aromatic rings. The lowest BCUT2D eigenvalue weighted by molar-refractivity contribution is -0.122. The largest absolute Gasteiger partial charge is 0.395 e. The van der Waals surface area contributed by atoms with Crippen molar-refractivity contribution in [3.63, 3.8) is 0 Å². The lowest BCUT2D eigenvalue weighted by atomic mass is 10.1. The Balaban J connectivity index is 1.98. The summed E-state index contributed by atoms with van der Waals surface area (Å²) in [6, 6.07) is 7.77. The zero-order chi connectivity index (χ0) is 12.8. The average molecular weight is 243 g/mol. The molecule has 1 saturated carbocycles. The van der Waals surface area contributed by atoms with E-state index in [1.54, 1.807) is 0 Å². The molecule has 0 unspecified atom stereocenters. The van der Waals surface area contributed by atoms with Gasteiger partial charge in [0.05, 0.1) is 6.61 Å². The van der Waals surface area contributed by atoms with Crippen molar-refractivity contribution in [3.05, 3.63) is 35.4 Å². The van der Waals surface area contributed by atoms with Gasteiger partial charge in [0.1, 0.15) is 0 Å². The van der Waals surface area contributed by atoms with Crippen LogP contribution in [-0.4, -0.2) is 17.6 Å². The van der Waals surface area contributed by atoms with Crippen LogP contribution in [0.3, 0.4) is 0 Å². The average Bonchev–Trinajstić information content (AvgIpc) is 3.22. The molecule has 1 fully saturated rings. The first-order valence-corrected chi connectivity index (χ1v) is 6.26. The molecule has 1 aliphatic carbocycles. The predicted molar refractivity (Wildman–Crippen MR) is 69.6 cm³/mol. The minimum absolute atomic E-state index is 0.0770. The number of carbonyl (C=O) groups excluding carboxylic acids is 1. The van der Waals surface area contributed by atoms with E-state index in [4.69, 9.17) is 5.11 Å². The highest BCUT2D eigenvalue weighted by Gasteiger charge is 2.29. The van der Waals surface area contributed by atoms with Gasteiger partial charge in [0.2, 0.25) is 5.91 Å². The molecule has 0 bridgehead atoms. The molecule has 2 N–H and O–H groups in total. The fourth-order valence-corrected chi connectivity index (χ4v) is 1.68. The van der Waals surface area contributed by atoms with Gasteiger partial charge in [-0.3, -0.25) is 4.79 Å². The number of carbonyl (C=O) groups is 1. The van der Waals surface area contributed by atoms with E-state index in [0.717, 1.165) is 24.0 Å². The molecule has 1 aliphatic rings. The Labute approximate surface area is 107 Å². The third kappa shape index (κ3) is 3.61. The van der Waals surface area contributed by atoms with Crippen molar-refractivity contribution in [1.82, 2.24) is 5.32 Å². The van der Waals surface area contributed by atoms with Gasteiger partial charge in [-0.25, -0.2) is 0 Å². The Morgan fingerprint density at radius 2 is 2.17 bits per heavy atom. The van der Waals surface area contributed by atoms with E-state index in [1.165, 1.54) is 0 Å². The van der Waals surface area contributed by atoms with Crippen LogP contribution in [0.5, 0.6) is 0 Å². The van der Waals surface area contributed by atoms with Crippen molar-refractivity contribution in [2.75, 3.05) is 6.61 Å². The van der Waals surface area contributed by atoms with Gasteiger partial charge in [0, 0.05) is 24.4 Å². The predicted octanol–water partition coefficient (Wildman–Crippen LogP) is 1.45. The summed E-state index contributed by atoms with van der Waals surface area (Å²) < 4.78 is 0. The topological polar surface area (TPSA) is 49.3 Å². The van der Waals surface area contributed by atoms with Gasteiger partial charge < -0.3 is 10.4 Å². The van der Waals surface area contributed by atoms with E-state index in [-0.39, 0.29) is 18.4 Å². The molecular formula is C15H17NO2. The second-order valence-electron chi connectivity index (χ2n) is 4.42. The standard InChI is InChI=1S/C15H17NO2/c17-10-4-3-6-12-5-1-2-7-14(12)11-16-15(18)13-8-9-13/h1-2,5,7,13,17H,4,8-11H2,(H,16,18). The van der Waals surface area contributed by atoms with E-state index < -0.39 is 0 Å². The number of hydrogen-bond donors (Lipinski definition) is 2. The maximum atomic E-state index is 11.6. The van der Waals surface area contributed by atoms with Crippen molar-refractivity contribution in [2.24, 2.45) is 5.92 Å². The van der Waals surface area contributed by atoms with Crippen molar-refractivity contribution in [1.29, 1.82) is 0 Å². The number of benzene rings is 1. The van der Waals surface area contributed by atoms with Crippen LogP contribution >= 0.6 is 0 Å². The van der Waals surface area contributed by atoms with Gasteiger partial charge >= 0.3 is 0 Å². The first-order chi connectivity index (χ1) is 8.81. The van der Waals surface area contributed by atoms with E-state index >= 15 is 0 Å². The highest BCUT2D eigenvalue weighted by atomic mass is 16.2. The van der Waals surface area contributed by atoms with Gasteiger partial charge in [-0.2, -0.15) is 0 Å². The lowest BCUT2D eigenvalue weighted by Crippen LogP contribution is -2.24. The van der Waals surface area contributed by atoms with Crippen LogP contribution in [-0.2, 0) is 11.3 Å². The minimum atomic E-state index is 0.0770. The minimum Gasteiger partial charge on any atom is -0.395 e. The molecular weight excluding hydrogens is 226 g/mol. The summed E-state index contributed by atoms with van der Waals surface area (Å²) in [5.74, 6) is 6.30. The van der Waals surface area contributed by atoms with Crippen LogP contribution in [0.2, 0.25) is 0 Å². The summed E-state index contributed by atoms with van der Waals surface area (Å²) in [5.41, 5.74) is 1.94. The zero-order valence-electron chi connectivity index (χ0n) is 10.3. The normalized spacial score (nSPS) is 13.6. The monoisotopic (exact) mass is 243 g/mol. The molecule has 0 saturated heterocycles. The van der Waals surface area contributed by atoms with E-state index in [0.29, 0.717) is 13.0 Å². The molecule has 1 aromatic carbocycles. The van der Waals surface area contributed by atoms with Crippen LogP contribution in [0, 0.1) is 17.8 Å². The molecule has 1 amide bonds. The van der Waals surface area contributed by atoms with Crippen molar-refractivity contribution >= 4 is 5.91 Å². The van der Waals surface area contributed by atoms with Crippen LogP contribution in [0.4, 0.5) is 0 Å². The van der Waals surface area contributed by atoms with Crippen LogP contribution in [0.15, 0.2) is 24.3 Å². The number of nitrogens with one attached hydrogen (secondary N) is 1. The third-order valence-electron chi connectivity index (χ3n) is 2.88. The smallest absolute Gasteiger partial charge is 0.223 e. The summed E-state index contributed by atoms with van der Waals surface area (Å²) >= 11 is 0. The maximum absolute atomic E-state index is 11.6.